The molecule has 1 aliphatic heterocycles. The molecule has 1 aliphatic rings. The first kappa shape index (κ1) is 17.1. The number of carbonyl (C=O) groups excluding carboxylic acids is 1. The zero-order chi connectivity index (χ0) is 17.5. The maximum Gasteiger partial charge on any atom is 0.260 e. The molecule has 1 aromatic heterocycles. The van der Waals surface area contributed by atoms with Gasteiger partial charge in [-0.2, -0.15) is 0 Å². The minimum Gasteiger partial charge on any atom is -0.493 e. The van der Waals surface area contributed by atoms with Crippen molar-refractivity contribution in [3.05, 3.63) is 48.8 Å². The molecule has 0 N–H and O–H groups in total. The van der Waals surface area contributed by atoms with E-state index < -0.39 is 0 Å². The van der Waals surface area contributed by atoms with Crippen LogP contribution < -0.4 is 14.2 Å². The molecule has 6 heteroatoms. The monoisotopic (exact) mass is 342 g/mol. The smallest absolute Gasteiger partial charge is 0.260 e. The quantitative estimate of drug-likeness (QED) is 0.807. The van der Waals surface area contributed by atoms with Gasteiger partial charge in [-0.15, -0.1) is 0 Å². The van der Waals surface area contributed by atoms with Crippen LogP contribution in [0.1, 0.15) is 12.8 Å². The molecule has 1 saturated heterocycles. The van der Waals surface area contributed by atoms with Crippen molar-refractivity contribution < 1.29 is 19.0 Å². The Hall–Kier alpha value is -2.76. The van der Waals surface area contributed by atoms with Crippen molar-refractivity contribution in [1.82, 2.24) is 9.88 Å². The number of hydrogen-bond donors (Lipinski definition) is 0. The average molecular weight is 342 g/mol. The summed E-state index contributed by atoms with van der Waals surface area (Å²) in [5, 5.41) is 0. The van der Waals surface area contributed by atoms with E-state index in [1.807, 2.05) is 24.3 Å². The van der Waals surface area contributed by atoms with Gasteiger partial charge in [-0.25, -0.2) is 0 Å². The Morgan fingerprint density at radius 3 is 2.72 bits per heavy atom. The van der Waals surface area contributed by atoms with E-state index in [0.717, 1.165) is 25.1 Å². The van der Waals surface area contributed by atoms with Crippen LogP contribution >= 0.6 is 0 Å². The van der Waals surface area contributed by atoms with E-state index >= 15 is 0 Å². The van der Waals surface area contributed by atoms with E-state index in [2.05, 4.69) is 4.98 Å². The van der Waals surface area contributed by atoms with Gasteiger partial charge in [-0.3, -0.25) is 9.78 Å². The van der Waals surface area contributed by atoms with Crippen LogP contribution in [0.3, 0.4) is 0 Å². The number of para-hydroxylation sites is 2. The Labute approximate surface area is 147 Å². The first-order chi connectivity index (χ1) is 12.3. The van der Waals surface area contributed by atoms with Crippen LogP contribution in [0.4, 0.5) is 0 Å². The number of benzene rings is 1. The normalized spacial score (nSPS) is 17.0. The molecule has 0 spiro atoms. The lowest BCUT2D eigenvalue weighted by Crippen LogP contribution is -2.46. The second kappa shape index (κ2) is 8.37. The Morgan fingerprint density at radius 1 is 1.20 bits per heavy atom. The van der Waals surface area contributed by atoms with Gasteiger partial charge < -0.3 is 19.1 Å². The number of piperidine rings is 1. The van der Waals surface area contributed by atoms with Gasteiger partial charge in [0, 0.05) is 18.9 Å². The zero-order valence-corrected chi connectivity index (χ0v) is 14.3. The van der Waals surface area contributed by atoms with E-state index in [1.54, 1.807) is 36.5 Å². The first-order valence-electron chi connectivity index (χ1n) is 8.36. The number of methoxy groups -OCH3 is 1. The summed E-state index contributed by atoms with van der Waals surface area (Å²) in [6.07, 6.45) is 5.23. The van der Waals surface area contributed by atoms with Gasteiger partial charge in [-0.1, -0.05) is 12.1 Å². The molecule has 2 heterocycles. The summed E-state index contributed by atoms with van der Waals surface area (Å²) in [5.41, 5.74) is 0. The molecule has 1 fully saturated rings. The van der Waals surface area contributed by atoms with Crippen molar-refractivity contribution in [2.75, 3.05) is 26.8 Å². The standard InChI is InChI=1S/C19H22N2O4/c1-23-17-6-2-3-7-18(17)24-14-19(22)21-12-4-5-16(13-21)25-15-8-10-20-11-9-15/h2-3,6-11,16H,4-5,12-14H2,1H3/t16-/m0/s1. The Morgan fingerprint density at radius 2 is 1.96 bits per heavy atom. The molecule has 0 saturated carbocycles. The molecule has 2 aromatic rings. The number of aromatic nitrogens is 1. The predicted octanol–water partition coefficient (Wildman–Crippen LogP) is 2.54. The number of carbonyl (C=O) groups is 1. The van der Waals surface area contributed by atoms with Crippen molar-refractivity contribution >= 4 is 5.91 Å². The maximum atomic E-state index is 12.5. The molecule has 3 rings (SSSR count). The highest BCUT2D eigenvalue weighted by Crippen LogP contribution is 2.26. The number of amides is 1. The van der Waals surface area contributed by atoms with E-state index in [-0.39, 0.29) is 18.6 Å². The molecule has 1 amide bonds. The average Bonchev–Trinajstić information content (AvgIpc) is 2.67. The van der Waals surface area contributed by atoms with E-state index in [0.29, 0.717) is 18.0 Å². The number of likely N-dealkylation sites (tertiary alicyclic amines) is 1. The van der Waals surface area contributed by atoms with Gasteiger partial charge in [0.05, 0.1) is 13.7 Å². The molecule has 0 aliphatic carbocycles. The molecule has 0 bridgehead atoms. The number of rotatable bonds is 6. The molecule has 1 aromatic carbocycles. The summed E-state index contributed by atoms with van der Waals surface area (Å²) in [6, 6.07) is 11.0. The largest absolute Gasteiger partial charge is 0.493 e. The molecule has 1 atom stereocenters. The fourth-order valence-corrected chi connectivity index (χ4v) is 2.84. The summed E-state index contributed by atoms with van der Waals surface area (Å²) < 4.78 is 16.8. The third-order valence-electron chi connectivity index (χ3n) is 4.10. The predicted molar refractivity (Wildman–Crippen MR) is 93.0 cm³/mol. The highest BCUT2D eigenvalue weighted by Gasteiger charge is 2.25. The van der Waals surface area contributed by atoms with Crippen LogP contribution in [0.25, 0.3) is 0 Å². The van der Waals surface area contributed by atoms with Gasteiger partial charge in [0.15, 0.2) is 18.1 Å². The van der Waals surface area contributed by atoms with E-state index in [4.69, 9.17) is 14.2 Å². The summed E-state index contributed by atoms with van der Waals surface area (Å²) >= 11 is 0. The number of ether oxygens (including phenoxy) is 3. The van der Waals surface area contributed by atoms with Crippen LogP contribution in [0.5, 0.6) is 17.2 Å². The third kappa shape index (κ3) is 4.62. The number of pyridine rings is 1. The van der Waals surface area contributed by atoms with E-state index in [9.17, 15) is 4.79 Å². The Bertz CT molecular complexity index is 693. The lowest BCUT2D eigenvalue weighted by Gasteiger charge is -2.32. The minimum atomic E-state index is -0.0473. The molecule has 25 heavy (non-hydrogen) atoms. The summed E-state index contributed by atoms with van der Waals surface area (Å²) in [5.74, 6) is 1.92. The Kier molecular flexibility index (Phi) is 5.72. The van der Waals surface area contributed by atoms with Crippen molar-refractivity contribution in [3.8, 4) is 17.2 Å². The van der Waals surface area contributed by atoms with Gasteiger partial charge in [0.2, 0.25) is 0 Å². The summed E-state index contributed by atoms with van der Waals surface area (Å²) in [4.78, 5) is 18.2. The number of nitrogens with zero attached hydrogens (tertiary/aromatic N) is 2. The van der Waals surface area contributed by atoms with Crippen molar-refractivity contribution in [3.63, 3.8) is 0 Å². The topological polar surface area (TPSA) is 60.9 Å². The van der Waals surface area contributed by atoms with Crippen LogP contribution in [0.15, 0.2) is 48.8 Å². The molecule has 0 radical (unpaired) electrons. The van der Waals surface area contributed by atoms with Crippen LogP contribution in [-0.2, 0) is 4.79 Å². The number of hydrogen-bond acceptors (Lipinski definition) is 5. The maximum absolute atomic E-state index is 12.5. The summed E-state index contributed by atoms with van der Waals surface area (Å²) in [7, 11) is 1.58. The SMILES string of the molecule is COc1ccccc1OCC(=O)N1CCC[C@H](Oc2ccncc2)C1. The van der Waals surface area contributed by atoms with Crippen molar-refractivity contribution in [2.24, 2.45) is 0 Å². The molecular weight excluding hydrogens is 320 g/mol. The molecule has 6 nitrogen and oxygen atoms in total. The minimum absolute atomic E-state index is 0.00800. The van der Waals surface area contributed by atoms with Crippen LogP contribution in [0.2, 0.25) is 0 Å². The molecule has 132 valence electrons. The van der Waals surface area contributed by atoms with Gasteiger partial charge in [0.1, 0.15) is 11.9 Å². The first-order valence-corrected chi connectivity index (χ1v) is 8.36. The van der Waals surface area contributed by atoms with Crippen molar-refractivity contribution in [1.29, 1.82) is 0 Å². The lowest BCUT2D eigenvalue weighted by atomic mass is 10.1. The zero-order valence-electron chi connectivity index (χ0n) is 14.3. The second-order valence-electron chi connectivity index (χ2n) is 5.84. The second-order valence-corrected chi connectivity index (χ2v) is 5.84. The summed E-state index contributed by atoms with van der Waals surface area (Å²) in [6.45, 7) is 1.28. The molecular formula is C19H22N2O4. The van der Waals surface area contributed by atoms with E-state index in [1.165, 1.54) is 0 Å². The van der Waals surface area contributed by atoms with Gasteiger partial charge in [-0.05, 0) is 37.1 Å². The van der Waals surface area contributed by atoms with Gasteiger partial charge >= 0.3 is 0 Å². The van der Waals surface area contributed by atoms with Gasteiger partial charge in [0.25, 0.3) is 5.91 Å². The fraction of sp³-hybridized carbons (Fsp3) is 0.368. The fourth-order valence-electron chi connectivity index (χ4n) is 2.84. The Balaban J connectivity index is 1.53. The highest BCUT2D eigenvalue weighted by molar-refractivity contribution is 5.78. The third-order valence-corrected chi connectivity index (χ3v) is 4.10. The van der Waals surface area contributed by atoms with Crippen LogP contribution in [0, 0.1) is 0 Å². The van der Waals surface area contributed by atoms with Crippen LogP contribution in [-0.4, -0.2) is 48.7 Å². The lowest BCUT2D eigenvalue weighted by molar-refractivity contribution is -0.136. The highest BCUT2D eigenvalue weighted by atomic mass is 16.5. The van der Waals surface area contributed by atoms with Crippen molar-refractivity contribution in [2.45, 2.75) is 18.9 Å². The molecule has 0 unspecified atom stereocenters.